The van der Waals surface area contributed by atoms with Crippen LogP contribution in [0.25, 0.3) is 10.8 Å². The maximum atomic E-state index is 4.93. The minimum absolute atomic E-state index is 0.826. The van der Waals surface area contributed by atoms with E-state index in [1.165, 1.54) is 53.1 Å². The van der Waals surface area contributed by atoms with Gasteiger partial charge in [-0.05, 0) is 6.42 Å². The van der Waals surface area contributed by atoms with Crippen molar-refractivity contribution in [2.75, 3.05) is 0 Å². The first-order valence-electron chi connectivity index (χ1n) is 6.75. The van der Waals surface area contributed by atoms with Gasteiger partial charge in [-0.2, -0.15) is 6.07 Å². The van der Waals surface area contributed by atoms with Crippen molar-refractivity contribution in [2.24, 2.45) is 0 Å². The van der Waals surface area contributed by atoms with Gasteiger partial charge in [-0.25, -0.2) is 0 Å². The molecule has 19 heavy (non-hydrogen) atoms. The number of halogens is 2. The molecule has 0 amide bonds. The quantitative estimate of drug-likeness (QED) is 0.435. The van der Waals surface area contributed by atoms with Gasteiger partial charge >= 0.3 is 37.9 Å². The van der Waals surface area contributed by atoms with Crippen LogP contribution in [0.1, 0.15) is 42.9 Å². The molecule has 3 heteroatoms. The molecule has 0 fully saturated rings. The summed E-state index contributed by atoms with van der Waals surface area (Å²) >= 11 is -0.826. The van der Waals surface area contributed by atoms with Crippen LogP contribution in [-0.4, -0.2) is 0 Å². The SMILES string of the molecule is CCCCCc1ccc(C)c2[cH-]c(C)cc12.[Cl][Zr][Cl]. The van der Waals surface area contributed by atoms with Gasteiger partial charge in [0.05, 0.1) is 0 Å². The number of benzene rings is 1. The van der Waals surface area contributed by atoms with Gasteiger partial charge in [0.1, 0.15) is 0 Å². The molecule has 0 radical (unpaired) electrons. The van der Waals surface area contributed by atoms with E-state index in [-0.39, 0.29) is 0 Å². The Kier molecular flexibility index (Phi) is 8.46. The molecule has 0 heterocycles. The Bertz CT molecular complexity index is 503. The fourth-order valence-corrected chi connectivity index (χ4v) is 2.43. The third kappa shape index (κ3) is 5.29. The Morgan fingerprint density at radius 2 is 1.84 bits per heavy atom. The van der Waals surface area contributed by atoms with E-state index >= 15 is 0 Å². The zero-order chi connectivity index (χ0) is 14.3. The van der Waals surface area contributed by atoms with Gasteiger partial charge in [0, 0.05) is 0 Å². The molecule has 0 saturated carbocycles. The summed E-state index contributed by atoms with van der Waals surface area (Å²) in [6, 6.07) is 9.23. The zero-order valence-electron chi connectivity index (χ0n) is 11.9. The Balaban J connectivity index is 0.000000550. The molecule has 0 aliphatic carbocycles. The second kappa shape index (κ2) is 9.27. The van der Waals surface area contributed by atoms with Gasteiger partial charge in [-0.3, -0.25) is 0 Å². The monoisotopic (exact) mass is 373 g/mol. The van der Waals surface area contributed by atoms with Gasteiger partial charge in [-0.15, -0.1) is 34.0 Å². The van der Waals surface area contributed by atoms with Crippen molar-refractivity contribution in [2.45, 2.75) is 46.5 Å². The first-order valence-corrected chi connectivity index (χ1v) is 13.1. The van der Waals surface area contributed by atoms with Crippen LogP contribution >= 0.6 is 17.0 Å². The maximum absolute atomic E-state index is 4.93. The zero-order valence-corrected chi connectivity index (χ0v) is 15.9. The number of unbranched alkanes of at least 4 members (excludes halogenated alkanes) is 2. The first-order chi connectivity index (χ1) is 9.13. The van der Waals surface area contributed by atoms with Gasteiger partial charge in [0.2, 0.25) is 0 Å². The molecule has 0 aliphatic heterocycles. The molecular formula is C16H21Cl2Zr-. The number of fused-ring (bicyclic) bond motifs is 1. The summed E-state index contributed by atoms with van der Waals surface area (Å²) in [5, 5.41) is 2.93. The Labute approximate surface area is 135 Å². The van der Waals surface area contributed by atoms with Gasteiger partial charge < -0.3 is 0 Å². The molecule has 2 aromatic carbocycles. The Hall–Kier alpha value is 0.293. The van der Waals surface area contributed by atoms with Gasteiger partial charge in [0.15, 0.2) is 0 Å². The third-order valence-electron chi connectivity index (χ3n) is 3.39. The van der Waals surface area contributed by atoms with Crippen LogP contribution in [0.4, 0.5) is 0 Å². The fourth-order valence-electron chi connectivity index (χ4n) is 2.43. The van der Waals surface area contributed by atoms with E-state index in [0.717, 1.165) is 0 Å². The predicted octanol–water partition coefficient (Wildman–Crippen LogP) is 6.28. The Morgan fingerprint density at radius 1 is 1.16 bits per heavy atom. The molecule has 0 nitrogen and oxygen atoms in total. The number of rotatable bonds is 4. The second-order valence-electron chi connectivity index (χ2n) is 4.93. The van der Waals surface area contributed by atoms with E-state index in [1.54, 1.807) is 0 Å². The summed E-state index contributed by atoms with van der Waals surface area (Å²) in [5.74, 6) is 0. The van der Waals surface area contributed by atoms with Crippen LogP contribution in [0.5, 0.6) is 0 Å². The number of hydrogen-bond donors (Lipinski definition) is 0. The molecule has 0 unspecified atom stereocenters. The van der Waals surface area contributed by atoms with Crippen molar-refractivity contribution in [1.82, 2.24) is 0 Å². The summed E-state index contributed by atoms with van der Waals surface area (Å²) in [4.78, 5) is 0. The van der Waals surface area contributed by atoms with Crippen molar-refractivity contribution in [3.8, 4) is 0 Å². The average molecular weight is 375 g/mol. The van der Waals surface area contributed by atoms with Crippen molar-refractivity contribution in [3.63, 3.8) is 0 Å². The second-order valence-corrected chi connectivity index (χ2v) is 8.66. The van der Waals surface area contributed by atoms with E-state index in [0.29, 0.717) is 0 Å². The number of hydrogen-bond acceptors (Lipinski definition) is 0. The van der Waals surface area contributed by atoms with Crippen molar-refractivity contribution >= 4 is 27.8 Å². The van der Waals surface area contributed by atoms with Crippen LogP contribution < -0.4 is 0 Å². The molecule has 2 rings (SSSR count). The van der Waals surface area contributed by atoms with Crippen LogP contribution in [0.3, 0.4) is 0 Å². The van der Waals surface area contributed by atoms with Crippen molar-refractivity contribution in [1.29, 1.82) is 0 Å². The van der Waals surface area contributed by atoms with Crippen LogP contribution in [0.15, 0.2) is 24.3 Å². The molecule has 0 bridgehead atoms. The molecule has 0 N–H and O–H groups in total. The molecule has 2 aromatic rings. The summed E-state index contributed by atoms with van der Waals surface area (Å²) in [6.45, 7) is 6.66. The van der Waals surface area contributed by atoms with Gasteiger partial charge in [-0.1, -0.05) is 51.7 Å². The Morgan fingerprint density at radius 3 is 2.47 bits per heavy atom. The predicted molar refractivity (Wildman–Crippen MR) is 84.0 cm³/mol. The van der Waals surface area contributed by atoms with Crippen LogP contribution in [-0.2, 0) is 27.3 Å². The normalized spacial score (nSPS) is 10.2. The van der Waals surface area contributed by atoms with E-state index in [9.17, 15) is 0 Å². The van der Waals surface area contributed by atoms with E-state index in [4.69, 9.17) is 17.0 Å². The molecular weight excluding hydrogens is 354 g/mol. The standard InChI is InChI=1S/C16H21.2ClH.Zr/c1-4-5-6-7-14-9-8-13(3)15-10-12(2)11-16(14)15;;;/h8-11H,4-7H2,1-3H3;2*1H;/q-1;;;+2/p-2. The summed E-state index contributed by atoms with van der Waals surface area (Å²) < 4.78 is 0. The summed E-state index contributed by atoms with van der Waals surface area (Å²) in [7, 11) is 9.87. The van der Waals surface area contributed by atoms with Crippen molar-refractivity contribution < 1.29 is 20.8 Å². The van der Waals surface area contributed by atoms with E-state index in [2.05, 4.69) is 45.0 Å². The topological polar surface area (TPSA) is 0 Å². The molecule has 0 atom stereocenters. The fraction of sp³-hybridized carbons (Fsp3) is 0.438. The molecule has 0 spiro atoms. The van der Waals surface area contributed by atoms with E-state index in [1.807, 2.05) is 0 Å². The van der Waals surface area contributed by atoms with Crippen LogP contribution in [0, 0.1) is 13.8 Å². The third-order valence-corrected chi connectivity index (χ3v) is 3.39. The minimum atomic E-state index is -0.826. The van der Waals surface area contributed by atoms with E-state index < -0.39 is 20.8 Å². The molecule has 0 saturated heterocycles. The molecule has 0 aliphatic rings. The number of aryl methyl sites for hydroxylation is 3. The van der Waals surface area contributed by atoms with Crippen molar-refractivity contribution in [3.05, 3.63) is 41.0 Å². The molecule has 0 aromatic heterocycles. The molecule has 104 valence electrons. The summed E-state index contributed by atoms with van der Waals surface area (Å²) in [5.41, 5.74) is 4.32. The summed E-state index contributed by atoms with van der Waals surface area (Å²) in [6.07, 6.45) is 5.19. The average Bonchev–Trinajstić information content (AvgIpc) is 2.76. The van der Waals surface area contributed by atoms with Crippen LogP contribution in [0.2, 0.25) is 0 Å². The van der Waals surface area contributed by atoms with Gasteiger partial charge in [0.25, 0.3) is 0 Å². The first kappa shape index (κ1) is 17.3.